The lowest BCUT2D eigenvalue weighted by atomic mass is 10.1. The Balaban J connectivity index is 2.28. The summed E-state index contributed by atoms with van der Waals surface area (Å²) in [6.45, 7) is 0. The largest absolute Gasteiger partial charge is 0.507 e. The second kappa shape index (κ2) is 5.97. The molecular weight excluding hydrogens is 268 g/mol. The fourth-order valence-electron chi connectivity index (χ4n) is 1.88. The molecule has 2 aromatic rings. The summed E-state index contributed by atoms with van der Waals surface area (Å²) >= 11 is 0. The van der Waals surface area contributed by atoms with E-state index in [1.165, 1.54) is 24.1 Å². The maximum absolute atomic E-state index is 12.4. The Morgan fingerprint density at radius 2 is 1.90 bits per heavy atom. The van der Waals surface area contributed by atoms with Gasteiger partial charge in [-0.15, -0.1) is 0 Å². The first-order valence-corrected chi connectivity index (χ1v) is 6.22. The monoisotopic (exact) mass is 282 g/mol. The van der Waals surface area contributed by atoms with Crippen molar-refractivity contribution >= 4 is 11.6 Å². The normalized spacial score (nSPS) is 9.76. The van der Waals surface area contributed by atoms with Crippen LogP contribution in [-0.4, -0.2) is 25.2 Å². The van der Waals surface area contributed by atoms with Gasteiger partial charge in [-0.3, -0.25) is 4.79 Å². The molecule has 2 rings (SSSR count). The van der Waals surface area contributed by atoms with Crippen LogP contribution in [0.5, 0.6) is 11.5 Å². The number of aromatic hydroxyl groups is 1. The maximum Gasteiger partial charge on any atom is 0.261 e. The van der Waals surface area contributed by atoms with Gasteiger partial charge in [-0.05, 0) is 36.4 Å². The quantitative estimate of drug-likeness (QED) is 0.938. The third-order valence-corrected chi connectivity index (χ3v) is 3.12. The van der Waals surface area contributed by atoms with Gasteiger partial charge >= 0.3 is 0 Å². The predicted molar refractivity (Wildman–Crippen MR) is 78.5 cm³/mol. The molecule has 106 valence electrons. The van der Waals surface area contributed by atoms with Crippen LogP contribution >= 0.6 is 0 Å². The van der Waals surface area contributed by atoms with Gasteiger partial charge in [-0.25, -0.2) is 0 Å². The number of rotatable bonds is 3. The Bertz CT molecular complexity index is 702. The number of carbonyl (C=O) groups is 1. The molecule has 0 unspecified atom stereocenters. The summed E-state index contributed by atoms with van der Waals surface area (Å²) in [6.07, 6.45) is 0. The van der Waals surface area contributed by atoms with E-state index in [1.807, 2.05) is 6.07 Å². The predicted octanol–water partition coefficient (Wildman–Crippen LogP) is 2.55. The minimum Gasteiger partial charge on any atom is -0.507 e. The molecule has 0 saturated heterocycles. The Morgan fingerprint density at radius 1 is 1.24 bits per heavy atom. The van der Waals surface area contributed by atoms with Crippen molar-refractivity contribution in [3.63, 3.8) is 0 Å². The van der Waals surface area contributed by atoms with Crippen LogP contribution in [0.4, 0.5) is 5.69 Å². The van der Waals surface area contributed by atoms with Gasteiger partial charge in [-0.2, -0.15) is 5.26 Å². The standard InChI is InChI=1S/C16H14N2O3/c1-18(12-5-3-11(10-17)4-6-12)16(20)14-8-7-13(21-2)9-15(14)19/h3-9,19H,1-2H3. The van der Waals surface area contributed by atoms with E-state index in [4.69, 9.17) is 10.00 Å². The van der Waals surface area contributed by atoms with E-state index in [9.17, 15) is 9.90 Å². The molecule has 21 heavy (non-hydrogen) atoms. The number of hydrogen-bond donors (Lipinski definition) is 1. The molecule has 0 saturated carbocycles. The first-order chi connectivity index (χ1) is 10.1. The van der Waals surface area contributed by atoms with Crippen molar-refractivity contribution in [3.05, 3.63) is 53.6 Å². The van der Waals surface area contributed by atoms with Crippen molar-refractivity contribution in [1.29, 1.82) is 5.26 Å². The zero-order chi connectivity index (χ0) is 15.4. The number of amides is 1. The maximum atomic E-state index is 12.4. The molecule has 1 N–H and O–H groups in total. The fraction of sp³-hybridized carbons (Fsp3) is 0.125. The average Bonchev–Trinajstić information content (AvgIpc) is 2.53. The van der Waals surface area contributed by atoms with Gasteiger partial charge in [0.15, 0.2) is 0 Å². The highest BCUT2D eigenvalue weighted by Gasteiger charge is 2.17. The molecule has 0 atom stereocenters. The van der Waals surface area contributed by atoms with Gasteiger partial charge < -0.3 is 14.7 Å². The number of phenols is 1. The van der Waals surface area contributed by atoms with Crippen LogP contribution in [0, 0.1) is 11.3 Å². The summed E-state index contributed by atoms with van der Waals surface area (Å²) in [5.74, 6) is -0.00946. The second-order valence-electron chi connectivity index (χ2n) is 4.41. The lowest BCUT2D eigenvalue weighted by Gasteiger charge is -2.18. The fourth-order valence-corrected chi connectivity index (χ4v) is 1.88. The summed E-state index contributed by atoms with van der Waals surface area (Å²) in [6, 6.07) is 13.1. The zero-order valence-electron chi connectivity index (χ0n) is 11.7. The SMILES string of the molecule is COc1ccc(C(=O)N(C)c2ccc(C#N)cc2)c(O)c1. The molecule has 0 bridgehead atoms. The van der Waals surface area contributed by atoms with Crippen LogP contribution in [0.2, 0.25) is 0 Å². The third-order valence-electron chi connectivity index (χ3n) is 3.12. The van der Waals surface area contributed by atoms with Gasteiger partial charge in [0.2, 0.25) is 0 Å². The third kappa shape index (κ3) is 2.95. The number of benzene rings is 2. The molecule has 0 aromatic heterocycles. The minimum atomic E-state index is -0.347. The number of methoxy groups -OCH3 is 1. The van der Waals surface area contributed by atoms with Crippen LogP contribution < -0.4 is 9.64 Å². The number of hydrogen-bond acceptors (Lipinski definition) is 4. The molecule has 0 heterocycles. The Hall–Kier alpha value is -3.00. The van der Waals surface area contributed by atoms with Gasteiger partial charge in [-0.1, -0.05) is 0 Å². The molecule has 0 aliphatic heterocycles. The van der Waals surface area contributed by atoms with Crippen molar-refractivity contribution in [2.24, 2.45) is 0 Å². The zero-order valence-corrected chi connectivity index (χ0v) is 11.7. The number of nitrogens with zero attached hydrogens (tertiary/aromatic N) is 2. The molecule has 0 aliphatic rings. The van der Waals surface area contributed by atoms with Crippen LogP contribution in [-0.2, 0) is 0 Å². The van der Waals surface area contributed by atoms with Crippen LogP contribution in [0.15, 0.2) is 42.5 Å². The van der Waals surface area contributed by atoms with E-state index < -0.39 is 0 Å². The van der Waals surface area contributed by atoms with E-state index in [-0.39, 0.29) is 17.2 Å². The van der Waals surface area contributed by atoms with Crippen LogP contribution in [0.25, 0.3) is 0 Å². The molecular formula is C16H14N2O3. The molecule has 5 nitrogen and oxygen atoms in total. The number of phenolic OH excluding ortho intramolecular Hbond substituents is 1. The van der Waals surface area contributed by atoms with Gasteiger partial charge in [0.05, 0.1) is 24.3 Å². The summed E-state index contributed by atoms with van der Waals surface area (Å²) in [5.41, 5.74) is 1.34. The Kier molecular flexibility index (Phi) is 4.10. The van der Waals surface area contributed by atoms with Crippen molar-refractivity contribution in [2.75, 3.05) is 19.1 Å². The molecule has 0 aliphatic carbocycles. The Labute approximate surface area is 122 Å². The summed E-state index contributed by atoms with van der Waals surface area (Å²) in [5, 5.41) is 18.7. The molecule has 0 radical (unpaired) electrons. The van der Waals surface area contributed by atoms with E-state index in [0.29, 0.717) is 17.0 Å². The van der Waals surface area contributed by atoms with E-state index in [2.05, 4.69) is 0 Å². The smallest absolute Gasteiger partial charge is 0.261 e. The first kappa shape index (κ1) is 14.4. The van der Waals surface area contributed by atoms with Gasteiger partial charge in [0.1, 0.15) is 11.5 Å². The summed E-state index contributed by atoms with van der Waals surface area (Å²) < 4.78 is 4.98. The molecule has 0 fully saturated rings. The average molecular weight is 282 g/mol. The number of carbonyl (C=O) groups excluding carboxylic acids is 1. The van der Waals surface area contributed by atoms with Crippen molar-refractivity contribution in [2.45, 2.75) is 0 Å². The van der Waals surface area contributed by atoms with Gasteiger partial charge in [0.25, 0.3) is 5.91 Å². The number of nitriles is 1. The van der Waals surface area contributed by atoms with E-state index >= 15 is 0 Å². The highest BCUT2D eigenvalue weighted by Crippen LogP contribution is 2.26. The molecule has 1 amide bonds. The highest BCUT2D eigenvalue weighted by atomic mass is 16.5. The van der Waals surface area contributed by atoms with Crippen molar-refractivity contribution < 1.29 is 14.6 Å². The topological polar surface area (TPSA) is 73.6 Å². The summed E-state index contributed by atoms with van der Waals surface area (Å²) in [7, 11) is 3.09. The van der Waals surface area contributed by atoms with Crippen LogP contribution in [0.3, 0.4) is 0 Å². The number of anilines is 1. The lowest BCUT2D eigenvalue weighted by Crippen LogP contribution is -2.26. The van der Waals surface area contributed by atoms with Crippen molar-refractivity contribution in [3.8, 4) is 17.6 Å². The van der Waals surface area contributed by atoms with Crippen molar-refractivity contribution in [1.82, 2.24) is 0 Å². The number of ether oxygens (including phenoxy) is 1. The highest BCUT2D eigenvalue weighted by molar-refractivity contribution is 6.07. The van der Waals surface area contributed by atoms with E-state index in [0.717, 1.165) is 0 Å². The summed E-state index contributed by atoms with van der Waals surface area (Å²) in [4.78, 5) is 13.8. The Morgan fingerprint density at radius 3 is 2.43 bits per heavy atom. The van der Waals surface area contributed by atoms with Crippen LogP contribution in [0.1, 0.15) is 15.9 Å². The van der Waals surface area contributed by atoms with E-state index in [1.54, 1.807) is 37.4 Å². The second-order valence-corrected chi connectivity index (χ2v) is 4.41. The molecule has 0 spiro atoms. The van der Waals surface area contributed by atoms with Gasteiger partial charge in [0, 0.05) is 18.8 Å². The molecule has 5 heteroatoms. The molecule has 2 aromatic carbocycles. The minimum absolute atomic E-state index is 0.139. The lowest BCUT2D eigenvalue weighted by molar-refractivity contribution is 0.0990. The first-order valence-electron chi connectivity index (χ1n) is 6.22.